The number of amides is 1. The number of nitrogens with one attached hydrogen (secondary N) is 2. The van der Waals surface area contributed by atoms with Crippen LogP contribution in [0.15, 0.2) is 39.9 Å². The van der Waals surface area contributed by atoms with Crippen molar-refractivity contribution in [3.8, 4) is 0 Å². The highest BCUT2D eigenvalue weighted by molar-refractivity contribution is 7.89. The second-order valence-corrected chi connectivity index (χ2v) is 7.94. The van der Waals surface area contributed by atoms with E-state index in [0.717, 1.165) is 5.56 Å². The van der Waals surface area contributed by atoms with Gasteiger partial charge in [0, 0.05) is 19.2 Å². The Morgan fingerprint density at radius 1 is 1.33 bits per heavy atom. The van der Waals surface area contributed by atoms with Gasteiger partial charge < -0.3 is 10.4 Å². The molecule has 1 heterocycles. The number of thiophene rings is 1. The quantitative estimate of drug-likeness (QED) is 0.699. The topological polar surface area (TPSA) is 95.5 Å². The lowest BCUT2D eigenvalue weighted by atomic mass is 10.1. The van der Waals surface area contributed by atoms with E-state index in [2.05, 4.69) is 10.0 Å². The molecule has 0 aliphatic heterocycles. The Balaban J connectivity index is 2.01. The Morgan fingerprint density at radius 3 is 2.67 bits per heavy atom. The third kappa shape index (κ3) is 4.88. The van der Waals surface area contributed by atoms with Gasteiger partial charge >= 0.3 is 0 Å². The Kier molecular flexibility index (Phi) is 6.11. The normalized spacial score (nSPS) is 12.8. The third-order valence-corrected chi connectivity index (χ3v) is 5.75. The number of anilines is 1. The van der Waals surface area contributed by atoms with Crippen LogP contribution >= 0.6 is 11.3 Å². The van der Waals surface area contributed by atoms with Crippen LogP contribution in [-0.4, -0.2) is 26.0 Å². The van der Waals surface area contributed by atoms with E-state index in [0.29, 0.717) is 17.7 Å². The van der Waals surface area contributed by atoms with Gasteiger partial charge in [-0.05, 0) is 59.5 Å². The second kappa shape index (κ2) is 7.89. The van der Waals surface area contributed by atoms with Crippen LogP contribution in [-0.2, 0) is 14.8 Å². The Bertz CT molecular complexity index is 801. The van der Waals surface area contributed by atoms with E-state index in [9.17, 15) is 18.3 Å². The van der Waals surface area contributed by atoms with Crippen molar-refractivity contribution in [2.45, 2.75) is 31.3 Å². The van der Waals surface area contributed by atoms with Crippen molar-refractivity contribution in [2.24, 2.45) is 0 Å². The molecule has 0 saturated heterocycles. The van der Waals surface area contributed by atoms with Crippen molar-refractivity contribution < 1.29 is 18.3 Å². The minimum absolute atomic E-state index is 0.131. The molecule has 0 saturated carbocycles. The van der Waals surface area contributed by atoms with Crippen molar-refractivity contribution in [1.29, 1.82) is 0 Å². The number of aryl methyl sites for hydroxylation is 1. The number of aliphatic hydroxyl groups is 1. The molecule has 0 bridgehead atoms. The molecular formula is C16H20N2O4S2. The molecule has 3 N–H and O–H groups in total. The Hall–Kier alpha value is -1.74. The SMILES string of the molecule is CC(=O)Nc1ccc(S(=O)(=O)NCC[C@@H](O)c2ccsc2)c(C)c1. The molecule has 1 aromatic carbocycles. The van der Waals surface area contributed by atoms with Gasteiger partial charge in [-0.25, -0.2) is 13.1 Å². The molecule has 130 valence electrons. The predicted molar refractivity (Wildman–Crippen MR) is 94.6 cm³/mol. The van der Waals surface area contributed by atoms with Crippen molar-refractivity contribution in [3.63, 3.8) is 0 Å². The summed E-state index contributed by atoms with van der Waals surface area (Å²) >= 11 is 1.48. The van der Waals surface area contributed by atoms with Crippen LogP contribution in [0.4, 0.5) is 5.69 Å². The van der Waals surface area contributed by atoms with Gasteiger partial charge in [-0.2, -0.15) is 11.3 Å². The maximum atomic E-state index is 12.4. The molecule has 0 spiro atoms. The molecule has 8 heteroatoms. The summed E-state index contributed by atoms with van der Waals surface area (Å²) in [5.74, 6) is -0.217. The first-order chi connectivity index (χ1) is 11.3. The first kappa shape index (κ1) is 18.6. The molecule has 2 rings (SSSR count). The van der Waals surface area contributed by atoms with Gasteiger partial charge in [0.25, 0.3) is 0 Å². The zero-order valence-corrected chi connectivity index (χ0v) is 15.1. The number of hydrogen-bond acceptors (Lipinski definition) is 5. The largest absolute Gasteiger partial charge is 0.388 e. The number of hydrogen-bond donors (Lipinski definition) is 3. The van der Waals surface area contributed by atoms with Crippen molar-refractivity contribution >= 4 is 33.0 Å². The van der Waals surface area contributed by atoms with E-state index >= 15 is 0 Å². The maximum absolute atomic E-state index is 12.4. The lowest BCUT2D eigenvalue weighted by molar-refractivity contribution is -0.114. The summed E-state index contributed by atoms with van der Waals surface area (Å²) in [5, 5.41) is 16.3. The smallest absolute Gasteiger partial charge is 0.240 e. The van der Waals surface area contributed by atoms with E-state index in [4.69, 9.17) is 0 Å². The number of carbonyl (C=O) groups is 1. The molecule has 0 aliphatic rings. The van der Waals surface area contributed by atoms with Gasteiger partial charge in [-0.3, -0.25) is 4.79 Å². The Labute approximate surface area is 145 Å². The van der Waals surface area contributed by atoms with Crippen molar-refractivity contribution in [2.75, 3.05) is 11.9 Å². The highest BCUT2D eigenvalue weighted by atomic mass is 32.2. The zero-order valence-electron chi connectivity index (χ0n) is 13.4. The van der Waals surface area contributed by atoms with E-state index in [1.807, 2.05) is 16.8 Å². The molecule has 1 amide bonds. The highest BCUT2D eigenvalue weighted by Gasteiger charge is 2.18. The van der Waals surface area contributed by atoms with Gasteiger partial charge in [-0.15, -0.1) is 0 Å². The molecule has 0 aliphatic carbocycles. The van der Waals surface area contributed by atoms with E-state index < -0.39 is 16.1 Å². The standard InChI is InChI=1S/C16H20N2O4S2/c1-11-9-14(18-12(2)19)3-4-16(11)24(21,22)17-7-5-15(20)13-6-8-23-10-13/h3-4,6,8-10,15,17,20H,5,7H2,1-2H3,(H,18,19)/t15-/m1/s1. The van der Waals surface area contributed by atoms with Crippen molar-refractivity contribution in [3.05, 3.63) is 46.2 Å². The average Bonchev–Trinajstić information content (AvgIpc) is 3.00. The summed E-state index contributed by atoms with van der Waals surface area (Å²) in [4.78, 5) is 11.2. The van der Waals surface area contributed by atoms with Crippen LogP contribution < -0.4 is 10.0 Å². The molecule has 2 aromatic rings. The fourth-order valence-corrected chi connectivity index (χ4v) is 4.25. The summed E-state index contributed by atoms with van der Waals surface area (Å²) in [5.41, 5.74) is 1.87. The molecule has 0 fully saturated rings. The maximum Gasteiger partial charge on any atom is 0.240 e. The van der Waals surface area contributed by atoms with Gasteiger partial charge in [0.05, 0.1) is 11.0 Å². The second-order valence-electron chi connectivity index (χ2n) is 5.42. The third-order valence-electron chi connectivity index (χ3n) is 3.42. The van der Waals surface area contributed by atoms with Crippen LogP contribution in [0.3, 0.4) is 0 Å². The van der Waals surface area contributed by atoms with Crippen LogP contribution in [0.5, 0.6) is 0 Å². The minimum Gasteiger partial charge on any atom is -0.388 e. The van der Waals surface area contributed by atoms with Crippen LogP contribution in [0, 0.1) is 6.92 Å². The molecule has 24 heavy (non-hydrogen) atoms. The number of aliphatic hydroxyl groups excluding tert-OH is 1. The first-order valence-corrected chi connectivity index (χ1v) is 9.80. The predicted octanol–water partition coefficient (Wildman–Crippen LogP) is 2.42. The summed E-state index contributed by atoms with van der Waals surface area (Å²) in [6.45, 7) is 3.19. The van der Waals surface area contributed by atoms with Crippen LogP contribution in [0.2, 0.25) is 0 Å². The summed E-state index contributed by atoms with van der Waals surface area (Å²) in [6, 6.07) is 6.42. The summed E-state index contributed by atoms with van der Waals surface area (Å²) < 4.78 is 27.3. The van der Waals surface area contributed by atoms with E-state index in [1.54, 1.807) is 19.1 Å². The van der Waals surface area contributed by atoms with Crippen LogP contribution in [0.25, 0.3) is 0 Å². The molecular weight excluding hydrogens is 348 g/mol. The monoisotopic (exact) mass is 368 g/mol. The number of sulfonamides is 1. The van der Waals surface area contributed by atoms with Gasteiger partial charge in [-0.1, -0.05) is 0 Å². The number of carbonyl (C=O) groups excluding carboxylic acids is 1. The molecule has 0 unspecified atom stereocenters. The van der Waals surface area contributed by atoms with Gasteiger partial charge in [0.2, 0.25) is 15.9 Å². The summed E-state index contributed by atoms with van der Waals surface area (Å²) in [7, 11) is -3.67. The Morgan fingerprint density at radius 2 is 2.08 bits per heavy atom. The minimum atomic E-state index is -3.67. The molecule has 0 radical (unpaired) electrons. The van der Waals surface area contributed by atoms with E-state index in [1.165, 1.54) is 24.3 Å². The molecule has 1 aromatic heterocycles. The highest BCUT2D eigenvalue weighted by Crippen LogP contribution is 2.21. The first-order valence-electron chi connectivity index (χ1n) is 7.37. The van der Waals surface area contributed by atoms with E-state index in [-0.39, 0.29) is 17.3 Å². The van der Waals surface area contributed by atoms with Crippen LogP contribution in [0.1, 0.15) is 30.6 Å². The number of rotatable bonds is 7. The number of benzene rings is 1. The summed E-state index contributed by atoms with van der Waals surface area (Å²) in [6.07, 6.45) is -0.402. The fourth-order valence-electron chi connectivity index (χ4n) is 2.27. The fraction of sp³-hybridized carbons (Fsp3) is 0.312. The zero-order chi connectivity index (χ0) is 17.7. The average molecular weight is 368 g/mol. The van der Waals surface area contributed by atoms with Gasteiger partial charge in [0.1, 0.15) is 0 Å². The lowest BCUT2D eigenvalue weighted by Crippen LogP contribution is -2.26. The lowest BCUT2D eigenvalue weighted by Gasteiger charge is -2.13. The van der Waals surface area contributed by atoms with Crippen molar-refractivity contribution in [1.82, 2.24) is 4.72 Å². The van der Waals surface area contributed by atoms with Gasteiger partial charge in [0.15, 0.2) is 0 Å². The molecule has 1 atom stereocenters. The molecule has 6 nitrogen and oxygen atoms in total.